The molecule has 1 heterocycles. The molecule has 0 bridgehead atoms. The minimum atomic E-state index is 0.688. The summed E-state index contributed by atoms with van der Waals surface area (Å²) in [4.78, 5) is 2.64. The number of hydrogen-bond donors (Lipinski definition) is 1. The highest BCUT2D eigenvalue weighted by molar-refractivity contribution is 4.83. The largest absolute Gasteiger partial charge is 0.316 e. The molecule has 0 aromatic carbocycles. The second-order valence-corrected chi connectivity index (χ2v) is 4.92. The lowest BCUT2D eigenvalue weighted by Crippen LogP contribution is -2.41. The molecule has 1 N–H and O–H groups in total. The summed E-state index contributed by atoms with van der Waals surface area (Å²) in [6, 6.07) is 1.48. The fourth-order valence-corrected chi connectivity index (χ4v) is 2.60. The number of likely N-dealkylation sites (tertiary alicyclic amines) is 1. The number of likely N-dealkylation sites (N-methyl/N-ethyl adjacent to an activating group) is 1. The topological polar surface area (TPSA) is 15.3 Å². The van der Waals surface area contributed by atoms with Gasteiger partial charge in [0.15, 0.2) is 0 Å². The Labute approximate surface area is 89.1 Å². The molecule has 0 aromatic heterocycles. The predicted octanol–water partition coefficient (Wildman–Crippen LogP) is 2.10. The Bertz CT molecular complexity index is 158. The fourth-order valence-electron chi connectivity index (χ4n) is 2.60. The summed E-state index contributed by atoms with van der Waals surface area (Å²) in [6.45, 7) is 9.52. The third kappa shape index (κ3) is 3.25. The van der Waals surface area contributed by atoms with Gasteiger partial charge in [-0.05, 0) is 32.7 Å². The van der Waals surface area contributed by atoms with Crippen molar-refractivity contribution in [3.05, 3.63) is 0 Å². The molecule has 1 rings (SSSR count). The van der Waals surface area contributed by atoms with E-state index in [1.165, 1.54) is 32.4 Å². The second kappa shape index (κ2) is 5.72. The third-order valence-corrected chi connectivity index (χ3v) is 3.41. The third-order valence-electron chi connectivity index (χ3n) is 3.41. The van der Waals surface area contributed by atoms with Crippen LogP contribution in [-0.4, -0.2) is 37.1 Å². The van der Waals surface area contributed by atoms with Gasteiger partial charge in [-0.2, -0.15) is 0 Å². The highest BCUT2D eigenvalue weighted by atomic mass is 15.2. The van der Waals surface area contributed by atoms with Crippen LogP contribution in [0.4, 0.5) is 0 Å². The van der Waals surface area contributed by atoms with Crippen LogP contribution in [0.15, 0.2) is 0 Å². The SMILES string of the molecule is CCCC(CN1CC(C)CC1C)NC. The average molecular weight is 198 g/mol. The minimum Gasteiger partial charge on any atom is -0.316 e. The molecular weight excluding hydrogens is 172 g/mol. The van der Waals surface area contributed by atoms with Crippen molar-refractivity contribution < 1.29 is 0 Å². The molecule has 0 amide bonds. The maximum atomic E-state index is 3.42. The Kier molecular flexibility index (Phi) is 4.90. The van der Waals surface area contributed by atoms with Gasteiger partial charge in [-0.25, -0.2) is 0 Å². The molecule has 3 atom stereocenters. The van der Waals surface area contributed by atoms with Crippen LogP contribution in [0.1, 0.15) is 40.0 Å². The van der Waals surface area contributed by atoms with Crippen LogP contribution < -0.4 is 5.32 Å². The lowest BCUT2D eigenvalue weighted by Gasteiger charge is -2.26. The van der Waals surface area contributed by atoms with E-state index in [-0.39, 0.29) is 0 Å². The maximum Gasteiger partial charge on any atom is 0.0192 e. The Morgan fingerprint density at radius 2 is 2.14 bits per heavy atom. The molecule has 2 heteroatoms. The van der Waals surface area contributed by atoms with Crippen molar-refractivity contribution in [3.8, 4) is 0 Å². The van der Waals surface area contributed by atoms with Crippen molar-refractivity contribution in [1.29, 1.82) is 0 Å². The molecule has 0 aliphatic carbocycles. The highest BCUT2D eigenvalue weighted by Crippen LogP contribution is 2.22. The first-order valence-corrected chi connectivity index (χ1v) is 6.08. The van der Waals surface area contributed by atoms with E-state index in [0.717, 1.165) is 12.0 Å². The number of hydrogen-bond acceptors (Lipinski definition) is 2. The van der Waals surface area contributed by atoms with E-state index in [0.29, 0.717) is 6.04 Å². The summed E-state index contributed by atoms with van der Waals surface area (Å²) in [6.07, 6.45) is 3.96. The van der Waals surface area contributed by atoms with Crippen molar-refractivity contribution in [3.63, 3.8) is 0 Å². The summed E-state index contributed by atoms with van der Waals surface area (Å²) in [5.74, 6) is 0.893. The van der Waals surface area contributed by atoms with Crippen molar-refractivity contribution in [2.75, 3.05) is 20.1 Å². The molecule has 0 spiro atoms. The monoisotopic (exact) mass is 198 g/mol. The molecule has 14 heavy (non-hydrogen) atoms. The Balaban J connectivity index is 2.34. The molecule has 3 unspecified atom stereocenters. The Hall–Kier alpha value is -0.0800. The lowest BCUT2D eigenvalue weighted by molar-refractivity contribution is 0.232. The van der Waals surface area contributed by atoms with Gasteiger partial charge < -0.3 is 5.32 Å². The van der Waals surface area contributed by atoms with Crippen LogP contribution in [0, 0.1) is 5.92 Å². The number of nitrogens with zero attached hydrogens (tertiary/aromatic N) is 1. The van der Waals surface area contributed by atoms with Crippen molar-refractivity contribution in [2.24, 2.45) is 5.92 Å². The van der Waals surface area contributed by atoms with E-state index >= 15 is 0 Å². The zero-order valence-corrected chi connectivity index (χ0v) is 10.2. The molecule has 1 saturated heterocycles. The van der Waals surface area contributed by atoms with Gasteiger partial charge in [0.25, 0.3) is 0 Å². The van der Waals surface area contributed by atoms with Crippen molar-refractivity contribution >= 4 is 0 Å². The molecule has 1 aliphatic rings. The summed E-state index contributed by atoms with van der Waals surface area (Å²) in [7, 11) is 2.09. The quantitative estimate of drug-likeness (QED) is 0.728. The standard InChI is InChI=1S/C12H26N2/c1-5-6-12(13-4)9-14-8-10(2)7-11(14)3/h10-13H,5-9H2,1-4H3. The van der Waals surface area contributed by atoms with Gasteiger partial charge >= 0.3 is 0 Å². The van der Waals surface area contributed by atoms with Gasteiger partial charge in [0.1, 0.15) is 0 Å². The normalized spacial score (nSPS) is 30.9. The van der Waals surface area contributed by atoms with E-state index in [1.807, 2.05) is 0 Å². The predicted molar refractivity (Wildman–Crippen MR) is 62.6 cm³/mol. The van der Waals surface area contributed by atoms with Crippen LogP contribution in [0.3, 0.4) is 0 Å². The summed E-state index contributed by atoms with van der Waals surface area (Å²) in [5, 5.41) is 3.42. The number of nitrogens with one attached hydrogen (secondary N) is 1. The molecule has 1 aliphatic heterocycles. The summed E-state index contributed by atoms with van der Waals surface area (Å²) < 4.78 is 0. The van der Waals surface area contributed by atoms with Crippen LogP contribution >= 0.6 is 0 Å². The minimum absolute atomic E-state index is 0.688. The van der Waals surface area contributed by atoms with Crippen LogP contribution in [0.2, 0.25) is 0 Å². The number of rotatable bonds is 5. The highest BCUT2D eigenvalue weighted by Gasteiger charge is 2.27. The summed E-state index contributed by atoms with van der Waals surface area (Å²) >= 11 is 0. The zero-order valence-electron chi connectivity index (χ0n) is 10.2. The molecule has 0 saturated carbocycles. The van der Waals surface area contributed by atoms with Crippen LogP contribution in [0.5, 0.6) is 0 Å². The fraction of sp³-hybridized carbons (Fsp3) is 1.00. The van der Waals surface area contributed by atoms with E-state index < -0.39 is 0 Å². The average Bonchev–Trinajstić information content (AvgIpc) is 2.44. The van der Waals surface area contributed by atoms with Gasteiger partial charge in [-0.3, -0.25) is 4.90 Å². The molecule has 2 nitrogen and oxygen atoms in total. The molecule has 84 valence electrons. The molecule has 0 radical (unpaired) electrons. The smallest absolute Gasteiger partial charge is 0.0192 e. The second-order valence-electron chi connectivity index (χ2n) is 4.92. The molecule has 0 aromatic rings. The van der Waals surface area contributed by atoms with Crippen LogP contribution in [0.25, 0.3) is 0 Å². The van der Waals surface area contributed by atoms with Gasteiger partial charge in [0, 0.05) is 25.2 Å². The Morgan fingerprint density at radius 1 is 1.43 bits per heavy atom. The zero-order chi connectivity index (χ0) is 10.6. The first-order chi connectivity index (χ1) is 6.67. The maximum absolute atomic E-state index is 3.42. The molecule has 1 fully saturated rings. The summed E-state index contributed by atoms with van der Waals surface area (Å²) in [5.41, 5.74) is 0. The van der Waals surface area contributed by atoms with Gasteiger partial charge in [0.05, 0.1) is 0 Å². The van der Waals surface area contributed by atoms with Gasteiger partial charge in [-0.15, -0.1) is 0 Å². The molecular formula is C12H26N2. The van der Waals surface area contributed by atoms with Crippen molar-refractivity contribution in [1.82, 2.24) is 10.2 Å². The van der Waals surface area contributed by atoms with Crippen molar-refractivity contribution in [2.45, 2.75) is 52.1 Å². The van der Waals surface area contributed by atoms with E-state index in [2.05, 4.69) is 38.0 Å². The van der Waals surface area contributed by atoms with Gasteiger partial charge in [0.2, 0.25) is 0 Å². The van der Waals surface area contributed by atoms with E-state index in [4.69, 9.17) is 0 Å². The first-order valence-electron chi connectivity index (χ1n) is 6.08. The van der Waals surface area contributed by atoms with Gasteiger partial charge in [-0.1, -0.05) is 20.3 Å². The van der Waals surface area contributed by atoms with E-state index in [9.17, 15) is 0 Å². The first kappa shape index (κ1) is 12.0. The van der Waals surface area contributed by atoms with Crippen LogP contribution in [-0.2, 0) is 0 Å². The Morgan fingerprint density at radius 3 is 2.57 bits per heavy atom. The van der Waals surface area contributed by atoms with E-state index in [1.54, 1.807) is 0 Å². The lowest BCUT2D eigenvalue weighted by atomic mass is 10.1.